The molecule has 1 aromatic heterocycles. The summed E-state index contributed by atoms with van der Waals surface area (Å²) in [6.07, 6.45) is 0. The van der Waals surface area contributed by atoms with Crippen LogP contribution in [0.25, 0.3) is 10.9 Å². The van der Waals surface area contributed by atoms with Gasteiger partial charge < -0.3 is 9.64 Å². The molecule has 0 saturated carbocycles. The van der Waals surface area contributed by atoms with E-state index in [0.29, 0.717) is 64.6 Å². The molecule has 2 aromatic carbocycles. The molecule has 0 radical (unpaired) electrons. The summed E-state index contributed by atoms with van der Waals surface area (Å²) in [6, 6.07) is 6.21. The number of hydrogen-bond acceptors (Lipinski definition) is 3. The average Bonchev–Trinajstić information content (AvgIpc) is 3.07. The number of halogens is 4. The van der Waals surface area contributed by atoms with E-state index >= 15 is 0 Å². The number of amides is 1. The van der Waals surface area contributed by atoms with E-state index in [1.807, 2.05) is 6.92 Å². The van der Waals surface area contributed by atoms with Crippen LogP contribution in [0.2, 0.25) is 10.0 Å². The van der Waals surface area contributed by atoms with Gasteiger partial charge in [-0.2, -0.15) is 5.10 Å². The SMILES string of the molecule is Cc1cc(C(C)(F)F)cc2c(C)n(Cc3c(Cl)ccc(C(=O)N4CCOCC4)c3Cl)nc12. The molecule has 170 valence electrons. The maximum Gasteiger partial charge on any atom is 0.270 e. The number of alkyl halides is 2. The van der Waals surface area contributed by atoms with Crippen molar-refractivity contribution in [3.8, 4) is 0 Å². The van der Waals surface area contributed by atoms with E-state index in [4.69, 9.17) is 27.9 Å². The number of morpholine rings is 1. The Labute approximate surface area is 194 Å². The highest BCUT2D eigenvalue weighted by Crippen LogP contribution is 2.34. The van der Waals surface area contributed by atoms with Gasteiger partial charge in [0, 0.05) is 47.2 Å². The lowest BCUT2D eigenvalue weighted by Gasteiger charge is -2.27. The van der Waals surface area contributed by atoms with Gasteiger partial charge in [0.2, 0.25) is 0 Å². The van der Waals surface area contributed by atoms with Gasteiger partial charge in [-0.1, -0.05) is 23.2 Å². The number of ether oxygens (including phenoxy) is 1. The van der Waals surface area contributed by atoms with Gasteiger partial charge in [0.1, 0.15) is 0 Å². The van der Waals surface area contributed by atoms with Crippen molar-refractivity contribution in [2.45, 2.75) is 33.2 Å². The minimum Gasteiger partial charge on any atom is -0.378 e. The van der Waals surface area contributed by atoms with Crippen molar-refractivity contribution in [2.24, 2.45) is 0 Å². The van der Waals surface area contributed by atoms with Crippen LogP contribution in [-0.2, 0) is 17.2 Å². The number of fused-ring (bicyclic) bond motifs is 1. The quantitative estimate of drug-likeness (QED) is 0.487. The van der Waals surface area contributed by atoms with Crippen LogP contribution < -0.4 is 0 Å². The zero-order chi connectivity index (χ0) is 23.2. The van der Waals surface area contributed by atoms with Crippen LogP contribution in [0.5, 0.6) is 0 Å². The Bertz CT molecular complexity index is 1200. The maximum absolute atomic E-state index is 13.9. The summed E-state index contributed by atoms with van der Waals surface area (Å²) in [5.74, 6) is -3.13. The van der Waals surface area contributed by atoms with E-state index in [1.165, 1.54) is 12.1 Å². The molecule has 1 aliphatic heterocycles. The normalized spacial score (nSPS) is 14.9. The molecule has 4 rings (SSSR count). The first-order chi connectivity index (χ1) is 15.1. The summed E-state index contributed by atoms with van der Waals surface area (Å²) in [5, 5.41) is 5.94. The van der Waals surface area contributed by atoms with Gasteiger partial charge in [0.15, 0.2) is 0 Å². The summed E-state index contributed by atoms with van der Waals surface area (Å²) in [4.78, 5) is 14.7. The van der Waals surface area contributed by atoms with E-state index in [1.54, 1.807) is 28.6 Å². The van der Waals surface area contributed by atoms with Crippen molar-refractivity contribution in [1.29, 1.82) is 0 Å². The molecule has 5 nitrogen and oxygen atoms in total. The van der Waals surface area contributed by atoms with Crippen molar-refractivity contribution < 1.29 is 18.3 Å². The second-order valence-electron chi connectivity index (χ2n) is 8.11. The minimum atomic E-state index is -2.95. The third-order valence-corrected chi connectivity index (χ3v) is 6.61. The molecule has 1 aliphatic rings. The number of benzene rings is 2. The van der Waals surface area contributed by atoms with Crippen LogP contribution in [0.3, 0.4) is 0 Å². The molecule has 32 heavy (non-hydrogen) atoms. The Morgan fingerprint density at radius 2 is 1.88 bits per heavy atom. The largest absolute Gasteiger partial charge is 0.378 e. The molecule has 0 spiro atoms. The highest BCUT2D eigenvalue weighted by Gasteiger charge is 2.27. The number of rotatable bonds is 4. The van der Waals surface area contributed by atoms with Crippen LogP contribution >= 0.6 is 23.2 Å². The lowest BCUT2D eigenvalue weighted by atomic mass is 10.0. The lowest BCUT2D eigenvalue weighted by molar-refractivity contribution is 0.0175. The van der Waals surface area contributed by atoms with Crippen molar-refractivity contribution in [1.82, 2.24) is 14.7 Å². The topological polar surface area (TPSA) is 47.4 Å². The highest BCUT2D eigenvalue weighted by atomic mass is 35.5. The summed E-state index contributed by atoms with van der Waals surface area (Å²) >= 11 is 13.1. The van der Waals surface area contributed by atoms with E-state index in [9.17, 15) is 13.6 Å². The third kappa shape index (κ3) is 4.21. The third-order valence-electron chi connectivity index (χ3n) is 5.83. The predicted octanol–water partition coefficient (Wildman–Crippen LogP) is 5.59. The summed E-state index contributed by atoms with van der Waals surface area (Å²) in [5.41, 5.74) is 2.89. The molecule has 0 atom stereocenters. The first-order valence-electron chi connectivity index (χ1n) is 10.3. The fourth-order valence-electron chi connectivity index (χ4n) is 3.92. The first-order valence-corrected chi connectivity index (χ1v) is 11.0. The van der Waals surface area contributed by atoms with Crippen LogP contribution in [0.1, 0.15) is 39.7 Å². The zero-order valence-electron chi connectivity index (χ0n) is 18.0. The van der Waals surface area contributed by atoms with Gasteiger partial charge in [0.25, 0.3) is 11.8 Å². The molecule has 2 heterocycles. The van der Waals surface area contributed by atoms with Gasteiger partial charge in [-0.25, -0.2) is 8.78 Å². The van der Waals surface area contributed by atoms with Crippen LogP contribution in [0, 0.1) is 13.8 Å². The number of carbonyl (C=O) groups is 1. The Hall–Kier alpha value is -2.22. The van der Waals surface area contributed by atoms with Gasteiger partial charge >= 0.3 is 0 Å². The van der Waals surface area contributed by atoms with E-state index in [-0.39, 0.29) is 23.0 Å². The lowest BCUT2D eigenvalue weighted by Crippen LogP contribution is -2.40. The molecule has 0 aliphatic carbocycles. The predicted molar refractivity (Wildman–Crippen MR) is 121 cm³/mol. The van der Waals surface area contributed by atoms with Crippen molar-refractivity contribution in [3.63, 3.8) is 0 Å². The van der Waals surface area contributed by atoms with Crippen molar-refractivity contribution in [3.05, 3.63) is 62.3 Å². The summed E-state index contributed by atoms with van der Waals surface area (Å²) in [7, 11) is 0. The van der Waals surface area contributed by atoms with E-state index in [0.717, 1.165) is 6.92 Å². The molecule has 1 saturated heterocycles. The Kier molecular flexibility index (Phi) is 6.18. The number of aromatic nitrogens is 2. The van der Waals surface area contributed by atoms with Crippen molar-refractivity contribution >= 4 is 40.0 Å². The molecule has 0 bridgehead atoms. The minimum absolute atomic E-state index is 0.0562. The number of nitrogens with zero attached hydrogens (tertiary/aromatic N) is 3. The second-order valence-corrected chi connectivity index (χ2v) is 8.90. The van der Waals surface area contributed by atoms with Gasteiger partial charge in [0.05, 0.1) is 35.9 Å². The molecule has 1 amide bonds. The Morgan fingerprint density at radius 1 is 1.19 bits per heavy atom. The number of aryl methyl sites for hydroxylation is 2. The van der Waals surface area contributed by atoms with E-state index < -0.39 is 5.92 Å². The molecule has 0 unspecified atom stereocenters. The fraction of sp³-hybridized carbons (Fsp3) is 0.391. The Morgan fingerprint density at radius 3 is 2.53 bits per heavy atom. The maximum atomic E-state index is 13.9. The van der Waals surface area contributed by atoms with E-state index in [2.05, 4.69) is 5.10 Å². The van der Waals surface area contributed by atoms with Gasteiger partial charge in [-0.05, 0) is 43.7 Å². The van der Waals surface area contributed by atoms with Crippen LogP contribution in [-0.4, -0.2) is 46.9 Å². The van der Waals surface area contributed by atoms with Gasteiger partial charge in [-0.3, -0.25) is 9.48 Å². The molecular weight excluding hydrogens is 459 g/mol. The van der Waals surface area contributed by atoms with Crippen molar-refractivity contribution in [2.75, 3.05) is 26.3 Å². The monoisotopic (exact) mass is 481 g/mol. The molecule has 9 heteroatoms. The van der Waals surface area contributed by atoms with Crippen LogP contribution in [0.4, 0.5) is 8.78 Å². The zero-order valence-corrected chi connectivity index (χ0v) is 19.5. The number of hydrogen-bond donors (Lipinski definition) is 0. The standard InChI is InChI=1S/C23H23Cl2F2N3O2/c1-13-10-15(23(3,26)27)11-17-14(2)30(28-21(13)17)12-18-19(24)5-4-16(20(18)25)22(31)29-6-8-32-9-7-29/h4-5,10-11H,6-9,12H2,1-3H3. The molecular formula is C23H23Cl2F2N3O2. The summed E-state index contributed by atoms with van der Waals surface area (Å²) in [6.45, 7) is 6.64. The molecule has 3 aromatic rings. The summed E-state index contributed by atoms with van der Waals surface area (Å²) < 4.78 is 34.8. The second kappa shape index (κ2) is 8.61. The molecule has 0 N–H and O–H groups in total. The first kappa shape index (κ1) is 23.0. The highest BCUT2D eigenvalue weighted by molar-refractivity contribution is 6.38. The average molecular weight is 482 g/mol. The van der Waals surface area contributed by atoms with Gasteiger partial charge in [-0.15, -0.1) is 0 Å². The Balaban J connectivity index is 1.73. The van der Waals surface area contributed by atoms with Crippen LogP contribution in [0.15, 0.2) is 24.3 Å². The fourth-order valence-corrected chi connectivity index (χ4v) is 4.50. The molecule has 1 fully saturated rings. The smallest absolute Gasteiger partial charge is 0.270 e. The number of carbonyl (C=O) groups excluding carboxylic acids is 1.